The number of hydrogen-bond donors (Lipinski definition) is 1. The van der Waals surface area contributed by atoms with Crippen molar-refractivity contribution in [2.75, 3.05) is 5.73 Å². The van der Waals surface area contributed by atoms with E-state index in [2.05, 4.69) is 0 Å². The summed E-state index contributed by atoms with van der Waals surface area (Å²) in [5, 5.41) is 10.9. The number of nitro groups is 1. The van der Waals surface area contributed by atoms with Crippen LogP contribution in [0.1, 0.15) is 5.56 Å². The first-order chi connectivity index (χ1) is 8.58. The zero-order valence-electron chi connectivity index (χ0n) is 9.79. The number of aryl methyl sites for hydroxylation is 1. The highest BCUT2D eigenvalue weighted by molar-refractivity contribution is 7.99. The van der Waals surface area contributed by atoms with Crippen LogP contribution in [0.4, 0.5) is 11.4 Å². The highest BCUT2D eigenvalue weighted by atomic mass is 32.2. The van der Waals surface area contributed by atoms with Crippen molar-refractivity contribution in [2.24, 2.45) is 0 Å². The van der Waals surface area contributed by atoms with E-state index in [1.165, 1.54) is 17.8 Å². The molecule has 5 heteroatoms. The molecule has 92 valence electrons. The van der Waals surface area contributed by atoms with Crippen LogP contribution in [0.15, 0.2) is 52.3 Å². The minimum absolute atomic E-state index is 0.0426. The average Bonchev–Trinajstić information content (AvgIpc) is 2.33. The lowest BCUT2D eigenvalue weighted by molar-refractivity contribution is -0.384. The molecule has 0 saturated carbocycles. The third-order valence-electron chi connectivity index (χ3n) is 2.49. The van der Waals surface area contributed by atoms with Crippen LogP contribution in [0.5, 0.6) is 0 Å². The van der Waals surface area contributed by atoms with Crippen LogP contribution in [0.3, 0.4) is 0 Å². The number of hydrogen-bond acceptors (Lipinski definition) is 4. The Morgan fingerprint density at radius 2 is 1.89 bits per heavy atom. The third-order valence-corrected chi connectivity index (χ3v) is 3.66. The summed E-state index contributed by atoms with van der Waals surface area (Å²) in [6, 6.07) is 12.9. The fourth-order valence-corrected chi connectivity index (χ4v) is 2.52. The van der Waals surface area contributed by atoms with Crippen LogP contribution < -0.4 is 5.73 Å². The van der Waals surface area contributed by atoms with E-state index in [4.69, 9.17) is 5.73 Å². The smallest absolute Gasteiger partial charge is 0.293 e. The van der Waals surface area contributed by atoms with Gasteiger partial charge < -0.3 is 5.73 Å². The normalized spacial score (nSPS) is 10.3. The second-order valence-corrected chi connectivity index (χ2v) is 4.96. The number of nitrogens with zero attached hydrogens (tertiary/aromatic N) is 1. The first-order valence-electron chi connectivity index (χ1n) is 5.35. The number of nitro benzene ring substituents is 1. The topological polar surface area (TPSA) is 69.2 Å². The molecule has 0 heterocycles. The molecule has 0 spiro atoms. The molecule has 0 aromatic heterocycles. The van der Waals surface area contributed by atoms with Gasteiger partial charge in [-0.1, -0.05) is 30.0 Å². The van der Waals surface area contributed by atoms with Gasteiger partial charge in [-0.05, 0) is 30.7 Å². The van der Waals surface area contributed by atoms with Crippen LogP contribution in [0.2, 0.25) is 0 Å². The Labute approximate surface area is 109 Å². The van der Waals surface area contributed by atoms with Gasteiger partial charge in [-0.3, -0.25) is 10.1 Å². The standard InChI is InChI=1S/C13H12N2O2S/c1-9-7-11(14)12(15(16)17)8-13(9)18-10-5-3-2-4-6-10/h2-8H,14H2,1H3. The van der Waals surface area contributed by atoms with Crippen molar-refractivity contribution in [1.82, 2.24) is 0 Å². The third kappa shape index (κ3) is 2.62. The van der Waals surface area contributed by atoms with Crippen molar-refractivity contribution in [3.05, 3.63) is 58.1 Å². The van der Waals surface area contributed by atoms with E-state index < -0.39 is 4.92 Å². The summed E-state index contributed by atoms with van der Waals surface area (Å²) in [6.45, 7) is 1.89. The van der Waals surface area contributed by atoms with Gasteiger partial charge in [0.25, 0.3) is 5.69 Å². The van der Waals surface area contributed by atoms with Gasteiger partial charge in [0.1, 0.15) is 5.69 Å². The molecule has 0 amide bonds. The Bertz CT molecular complexity index is 585. The van der Waals surface area contributed by atoms with Crippen molar-refractivity contribution in [1.29, 1.82) is 0 Å². The number of nitrogen functional groups attached to an aromatic ring is 1. The maximum Gasteiger partial charge on any atom is 0.293 e. The van der Waals surface area contributed by atoms with Crippen molar-refractivity contribution in [2.45, 2.75) is 16.7 Å². The van der Waals surface area contributed by atoms with E-state index in [0.29, 0.717) is 0 Å². The number of benzene rings is 2. The molecule has 4 nitrogen and oxygen atoms in total. The summed E-state index contributed by atoms with van der Waals surface area (Å²) in [7, 11) is 0. The molecule has 0 atom stereocenters. The molecule has 0 saturated heterocycles. The van der Waals surface area contributed by atoms with E-state index in [9.17, 15) is 10.1 Å². The van der Waals surface area contributed by atoms with Gasteiger partial charge in [0.15, 0.2) is 0 Å². The second kappa shape index (κ2) is 5.10. The minimum Gasteiger partial charge on any atom is -0.393 e. The molecule has 0 unspecified atom stereocenters. The summed E-state index contributed by atoms with van der Waals surface area (Å²) in [5.74, 6) is 0. The Morgan fingerprint density at radius 3 is 2.50 bits per heavy atom. The quantitative estimate of drug-likeness (QED) is 0.519. The first kappa shape index (κ1) is 12.4. The van der Waals surface area contributed by atoms with Crippen LogP contribution in [-0.4, -0.2) is 4.92 Å². The SMILES string of the molecule is Cc1cc(N)c([N+](=O)[O-])cc1Sc1ccccc1. The molecule has 2 aromatic rings. The van der Waals surface area contributed by atoms with Gasteiger partial charge in [-0.15, -0.1) is 0 Å². The summed E-state index contributed by atoms with van der Waals surface area (Å²) >= 11 is 1.49. The molecule has 0 radical (unpaired) electrons. The molecule has 18 heavy (non-hydrogen) atoms. The van der Waals surface area contributed by atoms with Gasteiger partial charge in [0, 0.05) is 15.9 Å². The second-order valence-electron chi connectivity index (χ2n) is 3.85. The van der Waals surface area contributed by atoms with Crippen molar-refractivity contribution in [3.63, 3.8) is 0 Å². The fraction of sp³-hybridized carbons (Fsp3) is 0.0769. The van der Waals surface area contributed by atoms with Crippen LogP contribution >= 0.6 is 11.8 Å². The van der Waals surface area contributed by atoms with E-state index >= 15 is 0 Å². The minimum atomic E-state index is -0.455. The lowest BCUT2D eigenvalue weighted by atomic mass is 10.2. The Morgan fingerprint density at radius 1 is 1.22 bits per heavy atom. The van der Waals surface area contributed by atoms with Gasteiger partial charge in [-0.2, -0.15) is 0 Å². The number of rotatable bonds is 3. The van der Waals surface area contributed by atoms with Crippen molar-refractivity contribution < 1.29 is 4.92 Å². The summed E-state index contributed by atoms with van der Waals surface area (Å²) < 4.78 is 0. The molecule has 0 fully saturated rings. The van der Waals surface area contributed by atoms with Crippen LogP contribution in [0, 0.1) is 17.0 Å². The molecule has 0 aliphatic carbocycles. The van der Waals surface area contributed by atoms with Gasteiger partial charge in [0.05, 0.1) is 4.92 Å². The van der Waals surface area contributed by atoms with Crippen LogP contribution in [-0.2, 0) is 0 Å². The predicted octanol–water partition coefficient (Wildman–Crippen LogP) is 3.64. The Kier molecular flexibility index (Phi) is 3.53. The molecule has 2 aromatic carbocycles. The maximum absolute atomic E-state index is 10.9. The van der Waals surface area contributed by atoms with Crippen molar-refractivity contribution >= 4 is 23.1 Å². The molecule has 0 aliphatic rings. The van der Waals surface area contributed by atoms with Gasteiger partial charge in [0.2, 0.25) is 0 Å². The van der Waals surface area contributed by atoms with Gasteiger partial charge in [-0.25, -0.2) is 0 Å². The van der Waals surface area contributed by atoms with Crippen molar-refractivity contribution in [3.8, 4) is 0 Å². The van der Waals surface area contributed by atoms with Gasteiger partial charge >= 0.3 is 0 Å². The first-order valence-corrected chi connectivity index (χ1v) is 6.17. The highest BCUT2D eigenvalue weighted by Crippen LogP contribution is 2.35. The highest BCUT2D eigenvalue weighted by Gasteiger charge is 2.14. The maximum atomic E-state index is 10.9. The van der Waals surface area contributed by atoms with E-state index in [1.54, 1.807) is 6.07 Å². The Hall–Kier alpha value is -2.01. The Balaban J connectivity index is 2.39. The molecule has 0 aliphatic heterocycles. The van der Waals surface area contributed by atoms with E-state index in [1.807, 2.05) is 37.3 Å². The zero-order valence-corrected chi connectivity index (χ0v) is 10.6. The number of nitrogens with two attached hydrogens (primary N) is 1. The molecular weight excluding hydrogens is 248 g/mol. The lowest BCUT2D eigenvalue weighted by Crippen LogP contribution is -1.97. The molecule has 0 bridgehead atoms. The zero-order chi connectivity index (χ0) is 13.1. The summed E-state index contributed by atoms with van der Waals surface area (Å²) in [6.07, 6.45) is 0. The van der Waals surface area contributed by atoms with E-state index in [0.717, 1.165) is 15.4 Å². The fourth-order valence-electron chi connectivity index (χ4n) is 1.58. The van der Waals surface area contributed by atoms with E-state index in [-0.39, 0.29) is 11.4 Å². The monoisotopic (exact) mass is 260 g/mol. The molecule has 2 N–H and O–H groups in total. The molecular formula is C13H12N2O2S. The summed E-state index contributed by atoms with van der Waals surface area (Å²) in [4.78, 5) is 12.3. The largest absolute Gasteiger partial charge is 0.393 e. The summed E-state index contributed by atoms with van der Waals surface area (Å²) in [5.41, 5.74) is 6.73. The lowest BCUT2D eigenvalue weighted by Gasteiger charge is -2.07. The van der Waals surface area contributed by atoms with Crippen LogP contribution in [0.25, 0.3) is 0 Å². The molecule has 2 rings (SSSR count). The number of anilines is 1. The average molecular weight is 260 g/mol. The predicted molar refractivity (Wildman–Crippen MR) is 72.8 cm³/mol.